The van der Waals surface area contributed by atoms with Gasteiger partial charge in [-0.2, -0.15) is 0 Å². The van der Waals surface area contributed by atoms with Crippen LogP contribution in [0.5, 0.6) is 0 Å². The van der Waals surface area contributed by atoms with E-state index in [1.54, 1.807) is 0 Å². The standard InChI is InChI=1S/C27H29NS/c1-3-19-13-9-15-22-23-16-10-18-25(27(23)29-26(19)22)28(2)24-17-8-7-14-21(24)20-11-5-4-6-12-20/h7-10,13-18,20H,3-6,11-12H2,1-2H3. The third-order valence-electron chi connectivity index (χ3n) is 6.67. The number of hydrogen-bond acceptors (Lipinski definition) is 2. The monoisotopic (exact) mass is 399 g/mol. The lowest BCUT2D eigenvalue weighted by Gasteiger charge is -2.29. The molecule has 3 aromatic carbocycles. The molecule has 1 aliphatic rings. The average molecular weight is 400 g/mol. The zero-order valence-electron chi connectivity index (χ0n) is 17.4. The Balaban J connectivity index is 1.65. The maximum Gasteiger partial charge on any atom is 0.0592 e. The molecule has 148 valence electrons. The summed E-state index contributed by atoms with van der Waals surface area (Å²) in [6.45, 7) is 2.26. The van der Waals surface area contributed by atoms with Gasteiger partial charge in [-0.3, -0.25) is 0 Å². The summed E-state index contributed by atoms with van der Waals surface area (Å²) in [6, 6.07) is 22.7. The molecule has 1 aliphatic carbocycles. The average Bonchev–Trinajstić information content (AvgIpc) is 3.18. The van der Waals surface area contributed by atoms with Crippen LogP contribution in [0.4, 0.5) is 11.4 Å². The predicted octanol–water partition coefficient (Wildman–Crippen LogP) is 8.43. The Labute approximate surface area is 178 Å². The highest BCUT2D eigenvalue weighted by Gasteiger charge is 2.21. The van der Waals surface area contributed by atoms with Gasteiger partial charge in [0.2, 0.25) is 0 Å². The fourth-order valence-corrected chi connectivity index (χ4v) is 6.52. The normalized spacial score (nSPS) is 15.2. The smallest absolute Gasteiger partial charge is 0.0592 e. The molecule has 1 nitrogen and oxygen atoms in total. The number of benzene rings is 3. The molecule has 0 aliphatic heterocycles. The summed E-state index contributed by atoms with van der Waals surface area (Å²) in [5.41, 5.74) is 5.69. The molecular weight excluding hydrogens is 370 g/mol. The summed E-state index contributed by atoms with van der Waals surface area (Å²) in [5, 5.41) is 2.79. The molecule has 0 bridgehead atoms. The zero-order chi connectivity index (χ0) is 19.8. The maximum absolute atomic E-state index is 2.44. The Hall–Kier alpha value is -2.32. The van der Waals surface area contributed by atoms with Crippen LogP contribution < -0.4 is 4.90 Å². The molecule has 0 atom stereocenters. The molecule has 1 fully saturated rings. The first-order chi connectivity index (χ1) is 14.3. The van der Waals surface area contributed by atoms with Crippen LogP contribution in [-0.4, -0.2) is 7.05 Å². The molecule has 0 saturated heterocycles. The Morgan fingerprint density at radius 1 is 0.793 bits per heavy atom. The lowest BCUT2D eigenvalue weighted by molar-refractivity contribution is 0.444. The van der Waals surface area contributed by atoms with E-state index in [1.165, 1.54) is 74.8 Å². The third kappa shape index (κ3) is 3.24. The minimum absolute atomic E-state index is 0.704. The molecule has 1 aromatic heterocycles. The second-order valence-electron chi connectivity index (χ2n) is 8.36. The van der Waals surface area contributed by atoms with Crippen molar-refractivity contribution >= 4 is 42.9 Å². The largest absolute Gasteiger partial charge is 0.343 e. The summed E-state index contributed by atoms with van der Waals surface area (Å²) in [7, 11) is 2.25. The number of aryl methyl sites for hydroxylation is 1. The topological polar surface area (TPSA) is 3.24 Å². The van der Waals surface area contributed by atoms with Gasteiger partial charge in [-0.15, -0.1) is 11.3 Å². The van der Waals surface area contributed by atoms with E-state index >= 15 is 0 Å². The Kier molecular flexibility index (Phi) is 5.05. The van der Waals surface area contributed by atoms with Crippen LogP contribution in [0.1, 0.15) is 56.1 Å². The first kappa shape index (κ1) is 18.7. The predicted molar refractivity (Wildman–Crippen MR) is 129 cm³/mol. The number of hydrogen-bond donors (Lipinski definition) is 0. The number of fused-ring (bicyclic) bond motifs is 3. The third-order valence-corrected chi connectivity index (χ3v) is 7.99. The highest BCUT2D eigenvalue weighted by Crippen LogP contribution is 2.44. The van der Waals surface area contributed by atoms with Crippen LogP contribution in [0.3, 0.4) is 0 Å². The minimum atomic E-state index is 0.704. The molecule has 4 aromatic rings. The van der Waals surface area contributed by atoms with Crippen LogP contribution in [0, 0.1) is 0 Å². The van der Waals surface area contributed by atoms with Crippen LogP contribution in [-0.2, 0) is 6.42 Å². The Morgan fingerprint density at radius 3 is 2.28 bits per heavy atom. The van der Waals surface area contributed by atoms with E-state index in [0.717, 1.165) is 6.42 Å². The van der Waals surface area contributed by atoms with Crippen molar-refractivity contribution in [3.8, 4) is 0 Å². The fraction of sp³-hybridized carbons (Fsp3) is 0.333. The SMILES string of the molecule is CCc1cccc2c1sc1c(N(C)c3ccccc3C3CCCCC3)cccc12. The molecule has 0 N–H and O–H groups in total. The molecule has 0 unspecified atom stereocenters. The van der Waals surface area contributed by atoms with Crippen molar-refractivity contribution < 1.29 is 0 Å². The van der Waals surface area contributed by atoms with Gasteiger partial charge in [-0.05, 0) is 48.4 Å². The number of para-hydroxylation sites is 1. The van der Waals surface area contributed by atoms with Crippen molar-refractivity contribution in [3.05, 3.63) is 71.8 Å². The minimum Gasteiger partial charge on any atom is -0.343 e. The zero-order valence-corrected chi connectivity index (χ0v) is 18.3. The molecular formula is C27H29NS. The molecule has 2 heteroatoms. The van der Waals surface area contributed by atoms with Crippen LogP contribution >= 0.6 is 11.3 Å². The van der Waals surface area contributed by atoms with E-state index in [2.05, 4.69) is 79.5 Å². The van der Waals surface area contributed by atoms with E-state index in [0.29, 0.717) is 5.92 Å². The highest BCUT2D eigenvalue weighted by molar-refractivity contribution is 7.26. The highest BCUT2D eigenvalue weighted by atomic mass is 32.1. The van der Waals surface area contributed by atoms with Crippen LogP contribution in [0.25, 0.3) is 20.2 Å². The number of anilines is 2. The van der Waals surface area contributed by atoms with E-state index < -0.39 is 0 Å². The molecule has 29 heavy (non-hydrogen) atoms. The lowest BCUT2D eigenvalue weighted by Crippen LogP contribution is -2.14. The number of nitrogens with zero attached hydrogens (tertiary/aromatic N) is 1. The summed E-state index contributed by atoms with van der Waals surface area (Å²) in [6.07, 6.45) is 7.88. The molecule has 5 rings (SSSR count). The molecule has 0 spiro atoms. The first-order valence-corrected chi connectivity index (χ1v) is 11.9. The summed E-state index contributed by atoms with van der Waals surface area (Å²) in [5.74, 6) is 0.704. The van der Waals surface area contributed by atoms with Gasteiger partial charge in [-0.25, -0.2) is 0 Å². The first-order valence-electron chi connectivity index (χ1n) is 11.0. The van der Waals surface area contributed by atoms with E-state index in [-0.39, 0.29) is 0 Å². The van der Waals surface area contributed by atoms with Crippen molar-refractivity contribution in [1.82, 2.24) is 0 Å². The van der Waals surface area contributed by atoms with Gasteiger partial charge in [0, 0.05) is 28.2 Å². The van der Waals surface area contributed by atoms with Crippen molar-refractivity contribution in [1.29, 1.82) is 0 Å². The van der Waals surface area contributed by atoms with E-state index in [9.17, 15) is 0 Å². The Bertz CT molecular complexity index is 1150. The van der Waals surface area contributed by atoms with Gasteiger partial charge in [0.05, 0.1) is 10.4 Å². The second-order valence-corrected chi connectivity index (χ2v) is 9.38. The number of rotatable bonds is 4. The van der Waals surface area contributed by atoms with Crippen molar-refractivity contribution in [2.24, 2.45) is 0 Å². The second kappa shape index (κ2) is 7.84. The van der Waals surface area contributed by atoms with Gasteiger partial charge < -0.3 is 4.90 Å². The van der Waals surface area contributed by atoms with Crippen molar-refractivity contribution in [2.75, 3.05) is 11.9 Å². The van der Waals surface area contributed by atoms with Crippen molar-refractivity contribution in [2.45, 2.75) is 51.4 Å². The lowest BCUT2D eigenvalue weighted by atomic mass is 9.83. The molecule has 0 radical (unpaired) electrons. The van der Waals surface area contributed by atoms with Crippen LogP contribution in [0.15, 0.2) is 60.7 Å². The molecule has 1 heterocycles. The van der Waals surface area contributed by atoms with Gasteiger partial charge >= 0.3 is 0 Å². The molecule has 1 saturated carbocycles. The summed E-state index contributed by atoms with van der Waals surface area (Å²) >= 11 is 1.96. The Morgan fingerprint density at radius 2 is 1.48 bits per heavy atom. The van der Waals surface area contributed by atoms with Crippen LogP contribution in [0.2, 0.25) is 0 Å². The van der Waals surface area contributed by atoms with Gasteiger partial charge in [0.25, 0.3) is 0 Å². The van der Waals surface area contributed by atoms with E-state index in [4.69, 9.17) is 0 Å². The van der Waals surface area contributed by atoms with Gasteiger partial charge in [0.15, 0.2) is 0 Å². The quantitative estimate of drug-likeness (QED) is 0.333. The number of thiophene rings is 1. The van der Waals surface area contributed by atoms with E-state index in [1.807, 2.05) is 11.3 Å². The van der Waals surface area contributed by atoms with Gasteiger partial charge in [0.1, 0.15) is 0 Å². The maximum atomic E-state index is 2.44. The van der Waals surface area contributed by atoms with Crippen molar-refractivity contribution in [3.63, 3.8) is 0 Å². The summed E-state index contributed by atoms with van der Waals surface area (Å²) in [4.78, 5) is 2.44. The van der Waals surface area contributed by atoms with Gasteiger partial charge in [-0.1, -0.05) is 74.7 Å². The fourth-order valence-electron chi connectivity index (χ4n) is 5.09. The summed E-state index contributed by atoms with van der Waals surface area (Å²) < 4.78 is 2.86. The molecule has 0 amide bonds.